The molecule has 12 heavy (non-hydrogen) atoms. The molecule has 0 atom stereocenters. The van der Waals surface area contributed by atoms with Crippen LogP contribution in [0.4, 0.5) is 0 Å². The van der Waals surface area contributed by atoms with Crippen molar-refractivity contribution in [2.45, 2.75) is 39.2 Å². The summed E-state index contributed by atoms with van der Waals surface area (Å²) in [5, 5.41) is 3.53. The quantitative estimate of drug-likeness (QED) is 0.582. The van der Waals surface area contributed by atoms with Gasteiger partial charge in [0.2, 0.25) is 0 Å². The number of nitrogens with zero attached hydrogens (tertiary/aromatic N) is 1. The van der Waals surface area contributed by atoms with Crippen molar-refractivity contribution in [2.24, 2.45) is 0 Å². The molecular formula is C10H22N2. The summed E-state index contributed by atoms with van der Waals surface area (Å²) in [6.45, 7) is 9.32. The summed E-state index contributed by atoms with van der Waals surface area (Å²) >= 11 is 0. The average molecular weight is 170 g/mol. The lowest BCUT2D eigenvalue weighted by Crippen LogP contribution is -2.27. The zero-order valence-electron chi connectivity index (χ0n) is 8.47. The Hall–Kier alpha value is -0.0800. The molecule has 1 N–H and O–H groups in total. The second-order valence-corrected chi connectivity index (χ2v) is 3.61. The molecule has 0 heterocycles. The standard InChI is InChI=1S/C10H22N2/c1-3-12(4-2)9-5-8-11-10-6-7-10/h10-11H,3-9H2,1-2H3. The van der Waals surface area contributed by atoms with Crippen LogP contribution < -0.4 is 5.32 Å². The summed E-state index contributed by atoms with van der Waals surface area (Å²) in [4.78, 5) is 2.48. The average Bonchev–Trinajstić information content (AvgIpc) is 2.89. The zero-order valence-corrected chi connectivity index (χ0v) is 8.47. The molecule has 0 radical (unpaired) electrons. The maximum Gasteiger partial charge on any atom is 0.00682 e. The van der Waals surface area contributed by atoms with Crippen molar-refractivity contribution in [1.82, 2.24) is 10.2 Å². The van der Waals surface area contributed by atoms with Gasteiger partial charge in [0, 0.05) is 6.04 Å². The smallest absolute Gasteiger partial charge is 0.00682 e. The third kappa shape index (κ3) is 4.07. The fourth-order valence-corrected chi connectivity index (χ4v) is 1.44. The number of hydrogen-bond acceptors (Lipinski definition) is 2. The monoisotopic (exact) mass is 170 g/mol. The number of hydrogen-bond donors (Lipinski definition) is 1. The van der Waals surface area contributed by atoms with E-state index in [-0.39, 0.29) is 0 Å². The van der Waals surface area contributed by atoms with Crippen molar-refractivity contribution in [2.75, 3.05) is 26.2 Å². The molecule has 1 fully saturated rings. The summed E-state index contributed by atoms with van der Waals surface area (Å²) in [7, 11) is 0. The Morgan fingerprint density at radius 2 is 1.92 bits per heavy atom. The van der Waals surface area contributed by atoms with Gasteiger partial charge in [-0.2, -0.15) is 0 Å². The summed E-state index contributed by atoms with van der Waals surface area (Å²) in [5.74, 6) is 0. The third-order valence-electron chi connectivity index (χ3n) is 2.56. The fourth-order valence-electron chi connectivity index (χ4n) is 1.44. The SMILES string of the molecule is CCN(CC)CCCNC1CC1. The molecule has 0 aliphatic heterocycles. The zero-order chi connectivity index (χ0) is 8.81. The lowest BCUT2D eigenvalue weighted by Gasteiger charge is -2.17. The third-order valence-corrected chi connectivity index (χ3v) is 2.56. The highest BCUT2D eigenvalue weighted by molar-refractivity contribution is 4.80. The Morgan fingerprint density at radius 1 is 1.25 bits per heavy atom. The molecule has 0 aromatic rings. The molecule has 0 bridgehead atoms. The van der Waals surface area contributed by atoms with E-state index in [9.17, 15) is 0 Å². The minimum absolute atomic E-state index is 0.877. The first kappa shape index (κ1) is 10.0. The minimum atomic E-state index is 0.877. The van der Waals surface area contributed by atoms with E-state index >= 15 is 0 Å². The molecule has 0 amide bonds. The van der Waals surface area contributed by atoms with Crippen molar-refractivity contribution in [3.63, 3.8) is 0 Å². The van der Waals surface area contributed by atoms with Crippen LogP contribution in [0.5, 0.6) is 0 Å². The summed E-state index contributed by atoms with van der Waals surface area (Å²) < 4.78 is 0. The van der Waals surface area contributed by atoms with Crippen molar-refractivity contribution in [1.29, 1.82) is 0 Å². The Bertz CT molecular complexity index is 106. The van der Waals surface area contributed by atoms with Crippen LogP contribution >= 0.6 is 0 Å². The summed E-state index contributed by atoms with van der Waals surface area (Å²) in [6, 6.07) is 0.877. The van der Waals surface area contributed by atoms with Crippen molar-refractivity contribution in [3.05, 3.63) is 0 Å². The van der Waals surface area contributed by atoms with Gasteiger partial charge in [0.25, 0.3) is 0 Å². The number of nitrogens with one attached hydrogen (secondary N) is 1. The first-order valence-electron chi connectivity index (χ1n) is 5.32. The molecule has 1 aliphatic carbocycles. The van der Waals surface area contributed by atoms with Crippen molar-refractivity contribution >= 4 is 0 Å². The molecule has 72 valence electrons. The van der Waals surface area contributed by atoms with Gasteiger partial charge in [-0.05, 0) is 45.4 Å². The fraction of sp³-hybridized carbons (Fsp3) is 1.00. The summed E-state index contributed by atoms with van der Waals surface area (Å²) in [6.07, 6.45) is 4.12. The molecule has 0 saturated heterocycles. The van der Waals surface area contributed by atoms with Crippen LogP contribution in [0, 0.1) is 0 Å². The van der Waals surface area contributed by atoms with Crippen molar-refractivity contribution < 1.29 is 0 Å². The molecule has 1 rings (SSSR count). The number of rotatable bonds is 7. The Kier molecular flexibility index (Phi) is 4.62. The molecule has 2 heteroatoms. The van der Waals surface area contributed by atoms with E-state index in [1.165, 1.54) is 45.4 Å². The second-order valence-electron chi connectivity index (χ2n) is 3.61. The van der Waals surface area contributed by atoms with Crippen LogP contribution in [0.2, 0.25) is 0 Å². The molecule has 1 aliphatic rings. The lowest BCUT2D eigenvalue weighted by atomic mass is 10.3. The van der Waals surface area contributed by atoms with Gasteiger partial charge < -0.3 is 10.2 Å². The molecule has 2 nitrogen and oxygen atoms in total. The van der Waals surface area contributed by atoms with Gasteiger partial charge >= 0.3 is 0 Å². The Labute approximate surface area is 76.3 Å². The van der Waals surface area contributed by atoms with Crippen LogP contribution in [-0.2, 0) is 0 Å². The Balaban J connectivity index is 1.85. The highest BCUT2D eigenvalue weighted by Crippen LogP contribution is 2.18. The van der Waals surface area contributed by atoms with Gasteiger partial charge in [-0.3, -0.25) is 0 Å². The first-order chi connectivity index (χ1) is 5.86. The van der Waals surface area contributed by atoms with Crippen LogP contribution in [0.15, 0.2) is 0 Å². The molecular weight excluding hydrogens is 148 g/mol. The van der Waals surface area contributed by atoms with Gasteiger partial charge in [-0.1, -0.05) is 13.8 Å². The van der Waals surface area contributed by atoms with Crippen LogP contribution in [-0.4, -0.2) is 37.1 Å². The van der Waals surface area contributed by atoms with E-state index in [1.54, 1.807) is 0 Å². The predicted molar refractivity (Wildman–Crippen MR) is 53.4 cm³/mol. The largest absolute Gasteiger partial charge is 0.314 e. The van der Waals surface area contributed by atoms with Gasteiger partial charge in [0.15, 0.2) is 0 Å². The minimum Gasteiger partial charge on any atom is -0.314 e. The second kappa shape index (κ2) is 5.55. The maximum absolute atomic E-state index is 3.53. The van der Waals surface area contributed by atoms with E-state index in [1.807, 2.05) is 0 Å². The van der Waals surface area contributed by atoms with E-state index in [0.717, 1.165) is 6.04 Å². The molecule has 1 saturated carbocycles. The molecule has 0 aromatic carbocycles. The molecule has 0 unspecified atom stereocenters. The maximum atomic E-state index is 3.53. The van der Waals surface area contributed by atoms with Crippen LogP contribution in [0.25, 0.3) is 0 Å². The summed E-state index contributed by atoms with van der Waals surface area (Å²) in [5.41, 5.74) is 0. The molecule has 0 spiro atoms. The normalized spacial score (nSPS) is 17.2. The lowest BCUT2D eigenvalue weighted by molar-refractivity contribution is 0.298. The van der Waals surface area contributed by atoms with E-state index in [2.05, 4.69) is 24.1 Å². The van der Waals surface area contributed by atoms with E-state index in [4.69, 9.17) is 0 Å². The predicted octanol–water partition coefficient (Wildman–Crippen LogP) is 1.47. The van der Waals surface area contributed by atoms with Gasteiger partial charge in [-0.15, -0.1) is 0 Å². The highest BCUT2D eigenvalue weighted by atomic mass is 15.1. The topological polar surface area (TPSA) is 15.3 Å². The van der Waals surface area contributed by atoms with Crippen molar-refractivity contribution in [3.8, 4) is 0 Å². The molecule has 0 aromatic heterocycles. The van der Waals surface area contributed by atoms with Gasteiger partial charge in [0.1, 0.15) is 0 Å². The van der Waals surface area contributed by atoms with Gasteiger partial charge in [-0.25, -0.2) is 0 Å². The highest BCUT2D eigenvalue weighted by Gasteiger charge is 2.19. The first-order valence-corrected chi connectivity index (χ1v) is 5.32. The van der Waals surface area contributed by atoms with Crippen LogP contribution in [0.3, 0.4) is 0 Å². The van der Waals surface area contributed by atoms with E-state index < -0.39 is 0 Å². The van der Waals surface area contributed by atoms with E-state index in [0.29, 0.717) is 0 Å². The van der Waals surface area contributed by atoms with Gasteiger partial charge in [0.05, 0.1) is 0 Å². The van der Waals surface area contributed by atoms with Crippen LogP contribution in [0.1, 0.15) is 33.1 Å². The Morgan fingerprint density at radius 3 is 2.42 bits per heavy atom.